The molecule has 0 radical (unpaired) electrons. The number of hydrogen-bond donors (Lipinski definition) is 1. The number of anilines is 1. The molecule has 1 aliphatic rings. The Hall–Kier alpha value is -3.51. The molecule has 1 aromatic carbocycles. The Balaban J connectivity index is 2.16. The smallest absolute Gasteiger partial charge is 0.355 e. The fraction of sp³-hybridized carbons (Fsp3) is 0.111. The average molecular weight is 386 g/mol. The van der Waals surface area contributed by atoms with Gasteiger partial charge in [0.05, 0.1) is 30.9 Å². The first-order chi connectivity index (χ1) is 12.8. The van der Waals surface area contributed by atoms with Crippen LogP contribution in [0.3, 0.4) is 0 Å². The van der Waals surface area contributed by atoms with E-state index in [2.05, 4.69) is 4.72 Å². The summed E-state index contributed by atoms with van der Waals surface area (Å²) in [6.45, 7) is 0. The molecule has 0 fully saturated rings. The number of rotatable bonds is 5. The van der Waals surface area contributed by atoms with Gasteiger partial charge in [-0.25, -0.2) is 13.2 Å². The van der Waals surface area contributed by atoms with Gasteiger partial charge in [0, 0.05) is 6.08 Å². The second-order valence-corrected chi connectivity index (χ2v) is 7.31. The van der Waals surface area contributed by atoms with Crippen molar-refractivity contribution in [3.8, 4) is 11.8 Å². The molecule has 27 heavy (non-hydrogen) atoms. The normalized spacial score (nSPS) is 15.6. The number of methoxy groups -OCH3 is 1. The highest BCUT2D eigenvalue weighted by Crippen LogP contribution is 2.38. The quantitative estimate of drug-likeness (QED) is 0.784. The second-order valence-electron chi connectivity index (χ2n) is 5.56. The lowest BCUT2D eigenvalue weighted by Crippen LogP contribution is -2.10. The van der Waals surface area contributed by atoms with E-state index in [9.17, 15) is 18.5 Å². The maximum Gasteiger partial charge on any atom is 0.355 e. The number of furan rings is 1. The molecule has 0 saturated carbocycles. The van der Waals surface area contributed by atoms with E-state index >= 15 is 0 Å². The molecule has 1 aromatic heterocycles. The molecule has 2 aromatic rings. The van der Waals surface area contributed by atoms with E-state index < -0.39 is 16.0 Å². The Morgan fingerprint density at radius 1 is 1.30 bits per heavy atom. The first-order valence-corrected chi connectivity index (χ1v) is 9.50. The number of carbonyl (C=O) groups is 1. The second kappa shape index (κ2) is 7.01. The van der Waals surface area contributed by atoms with Crippen LogP contribution in [0.5, 0.6) is 5.75 Å². The number of cyclic esters (lactones) is 1. The molecule has 3 rings (SSSR count). The van der Waals surface area contributed by atoms with Gasteiger partial charge in [0.25, 0.3) is 0 Å². The van der Waals surface area contributed by atoms with Crippen LogP contribution in [0, 0.1) is 11.3 Å². The van der Waals surface area contributed by atoms with E-state index in [1.165, 1.54) is 31.6 Å². The minimum atomic E-state index is -3.57. The lowest BCUT2D eigenvalue weighted by atomic mass is 9.99. The van der Waals surface area contributed by atoms with E-state index in [0.29, 0.717) is 11.3 Å². The summed E-state index contributed by atoms with van der Waals surface area (Å²) in [6, 6.07) is 9.74. The summed E-state index contributed by atoms with van der Waals surface area (Å²) in [6.07, 6.45) is 3.94. The average Bonchev–Trinajstić information content (AvgIpc) is 3.21. The third-order valence-corrected chi connectivity index (χ3v) is 4.21. The lowest BCUT2D eigenvalue weighted by Gasteiger charge is -2.12. The SMILES string of the molecule is COc1ccc(C2=C(C#N)C(=O)O/C2=C/c2ccco2)cc1NS(C)(=O)=O. The molecule has 2 heterocycles. The van der Waals surface area contributed by atoms with Gasteiger partial charge in [-0.2, -0.15) is 5.26 Å². The third-order valence-electron chi connectivity index (χ3n) is 3.62. The number of esters is 1. The van der Waals surface area contributed by atoms with Gasteiger partial charge in [-0.3, -0.25) is 4.72 Å². The van der Waals surface area contributed by atoms with Crippen LogP contribution in [0.25, 0.3) is 11.6 Å². The molecule has 0 saturated heterocycles. The molecule has 0 bridgehead atoms. The van der Waals surface area contributed by atoms with E-state index in [1.807, 2.05) is 6.07 Å². The van der Waals surface area contributed by atoms with Gasteiger partial charge in [-0.15, -0.1) is 0 Å². The Labute approximate surface area is 155 Å². The number of nitrogens with one attached hydrogen (secondary N) is 1. The van der Waals surface area contributed by atoms with Crippen LogP contribution >= 0.6 is 0 Å². The van der Waals surface area contributed by atoms with Gasteiger partial charge in [-0.05, 0) is 29.8 Å². The fourth-order valence-electron chi connectivity index (χ4n) is 2.56. The molecule has 9 heteroatoms. The predicted octanol–water partition coefficient (Wildman–Crippen LogP) is 2.53. The number of hydrogen-bond acceptors (Lipinski definition) is 7. The molecule has 1 aliphatic heterocycles. The standard InChI is InChI=1S/C18H14N2O6S/c1-24-15-6-5-11(8-14(15)20-27(2,22)23)17-13(10-19)18(21)26-16(17)9-12-4-3-7-25-12/h3-9,20H,1-2H3/b16-9+. The van der Waals surface area contributed by atoms with Crippen molar-refractivity contribution in [2.45, 2.75) is 0 Å². The Morgan fingerprint density at radius 2 is 2.07 bits per heavy atom. The Bertz CT molecular complexity index is 1110. The third kappa shape index (κ3) is 3.86. The topological polar surface area (TPSA) is 119 Å². The number of sulfonamides is 1. The summed E-state index contributed by atoms with van der Waals surface area (Å²) in [5.41, 5.74) is 0.613. The van der Waals surface area contributed by atoms with Gasteiger partial charge in [0.15, 0.2) is 0 Å². The summed E-state index contributed by atoms with van der Waals surface area (Å²) in [4.78, 5) is 12.1. The number of ether oxygens (including phenoxy) is 2. The minimum Gasteiger partial charge on any atom is -0.495 e. The zero-order valence-corrected chi connectivity index (χ0v) is 15.2. The molecule has 0 unspecified atom stereocenters. The van der Waals surface area contributed by atoms with Gasteiger partial charge in [0.1, 0.15) is 28.9 Å². The fourth-order valence-corrected chi connectivity index (χ4v) is 3.12. The zero-order valence-electron chi connectivity index (χ0n) is 14.3. The van der Waals surface area contributed by atoms with Crippen LogP contribution < -0.4 is 9.46 Å². The summed E-state index contributed by atoms with van der Waals surface area (Å²) in [5, 5.41) is 9.37. The molecule has 0 aliphatic carbocycles. The number of carbonyl (C=O) groups excluding carboxylic acids is 1. The first-order valence-electron chi connectivity index (χ1n) is 7.60. The highest BCUT2D eigenvalue weighted by Gasteiger charge is 2.32. The van der Waals surface area contributed by atoms with Crippen molar-refractivity contribution in [3.63, 3.8) is 0 Å². The first kappa shape index (κ1) is 18.3. The predicted molar refractivity (Wildman–Crippen MR) is 96.8 cm³/mol. The van der Waals surface area contributed by atoms with Gasteiger partial charge >= 0.3 is 5.97 Å². The van der Waals surface area contributed by atoms with Gasteiger partial charge in [0.2, 0.25) is 10.0 Å². The van der Waals surface area contributed by atoms with Crippen LogP contribution in [-0.2, 0) is 19.6 Å². The maximum atomic E-state index is 12.1. The van der Waals surface area contributed by atoms with Crippen LogP contribution in [0.2, 0.25) is 0 Å². The number of nitrogens with zero attached hydrogens (tertiary/aromatic N) is 1. The highest BCUT2D eigenvalue weighted by molar-refractivity contribution is 7.92. The molecule has 8 nitrogen and oxygen atoms in total. The zero-order chi connectivity index (χ0) is 19.6. The summed E-state index contributed by atoms with van der Waals surface area (Å²) in [5.74, 6) is 0.0447. The van der Waals surface area contributed by atoms with Crippen molar-refractivity contribution >= 4 is 33.3 Å². The molecular weight excluding hydrogens is 372 g/mol. The monoisotopic (exact) mass is 386 g/mol. The molecular formula is C18H14N2O6S. The van der Waals surface area contributed by atoms with Crippen LogP contribution in [0.15, 0.2) is 52.3 Å². The van der Waals surface area contributed by atoms with Gasteiger partial charge < -0.3 is 13.9 Å². The van der Waals surface area contributed by atoms with E-state index in [0.717, 1.165) is 6.26 Å². The van der Waals surface area contributed by atoms with Crippen molar-refractivity contribution in [2.75, 3.05) is 18.1 Å². The van der Waals surface area contributed by atoms with E-state index in [4.69, 9.17) is 13.9 Å². The number of allylic oxidation sites excluding steroid dienone is 1. The van der Waals surface area contributed by atoms with E-state index in [1.54, 1.807) is 18.2 Å². The molecule has 0 amide bonds. The van der Waals surface area contributed by atoms with Crippen molar-refractivity contribution in [1.29, 1.82) is 5.26 Å². The van der Waals surface area contributed by atoms with Crippen molar-refractivity contribution in [2.24, 2.45) is 0 Å². The van der Waals surface area contributed by atoms with Crippen LogP contribution in [0.1, 0.15) is 11.3 Å². The highest BCUT2D eigenvalue weighted by atomic mass is 32.2. The molecule has 138 valence electrons. The largest absolute Gasteiger partial charge is 0.495 e. The van der Waals surface area contributed by atoms with Crippen LogP contribution in [0.4, 0.5) is 5.69 Å². The van der Waals surface area contributed by atoms with Crippen LogP contribution in [-0.4, -0.2) is 27.8 Å². The van der Waals surface area contributed by atoms with Crippen molar-refractivity contribution < 1.29 is 27.1 Å². The Kier molecular flexibility index (Phi) is 4.75. The molecule has 1 N–H and O–H groups in total. The van der Waals surface area contributed by atoms with Crippen molar-refractivity contribution in [3.05, 3.63) is 59.3 Å². The lowest BCUT2D eigenvalue weighted by molar-refractivity contribution is -0.132. The minimum absolute atomic E-state index is 0.127. The Morgan fingerprint density at radius 3 is 2.67 bits per heavy atom. The number of benzene rings is 1. The maximum absolute atomic E-state index is 12.1. The van der Waals surface area contributed by atoms with E-state index in [-0.39, 0.29) is 28.3 Å². The summed E-state index contributed by atoms with van der Waals surface area (Å²) >= 11 is 0. The number of nitriles is 1. The molecule has 0 atom stereocenters. The van der Waals surface area contributed by atoms with Crippen molar-refractivity contribution in [1.82, 2.24) is 0 Å². The van der Waals surface area contributed by atoms with Gasteiger partial charge in [-0.1, -0.05) is 6.07 Å². The summed E-state index contributed by atoms with van der Waals surface area (Å²) in [7, 11) is -2.18. The molecule has 0 spiro atoms. The summed E-state index contributed by atoms with van der Waals surface area (Å²) < 4.78 is 41.2.